The summed E-state index contributed by atoms with van der Waals surface area (Å²) in [5.41, 5.74) is 2.71. The van der Waals surface area contributed by atoms with Crippen LogP contribution in [0.2, 0.25) is 0 Å². The van der Waals surface area contributed by atoms with E-state index < -0.39 is 12.0 Å². The van der Waals surface area contributed by atoms with Crippen molar-refractivity contribution < 1.29 is 23.9 Å². The summed E-state index contributed by atoms with van der Waals surface area (Å²) in [4.78, 5) is 37.1. The van der Waals surface area contributed by atoms with Gasteiger partial charge in [-0.25, -0.2) is 4.79 Å². The van der Waals surface area contributed by atoms with Crippen LogP contribution in [-0.4, -0.2) is 43.6 Å². The average molecular weight is 455 g/mol. The van der Waals surface area contributed by atoms with Gasteiger partial charge < -0.3 is 20.1 Å². The van der Waals surface area contributed by atoms with Crippen molar-refractivity contribution in [3.63, 3.8) is 0 Å². The first-order valence-corrected chi connectivity index (χ1v) is 11.3. The number of hydrogen-bond acceptors (Lipinski definition) is 5. The summed E-state index contributed by atoms with van der Waals surface area (Å²) in [6.07, 6.45) is 1.02. The van der Waals surface area contributed by atoms with Crippen molar-refractivity contribution in [2.75, 3.05) is 19.8 Å². The Morgan fingerprint density at radius 3 is 2.24 bits per heavy atom. The molecule has 0 saturated carbocycles. The number of benzene rings is 2. The van der Waals surface area contributed by atoms with Gasteiger partial charge in [-0.05, 0) is 56.0 Å². The molecule has 7 heteroatoms. The van der Waals surface area contributed by atoms with Crippen LogP contribution >= 0.6 is 0 Å². The van der Waals surface area contributed by atoms with Gasteiger partial charge in [-0.15, -0.1) is 0 Å². The van der Waals surface area contributed by atoms with E-state index in [0.717, 1.165) is 5.56 Å². The molecule has 0 aromatic heterocycles. The van der Waals surface area contributed by atoms with Crippen LogP contribution in [0.1, 0.15) is 48.7 Å². The Morgan fingerprint density at radius 1 is 0.970 bits per heavy atom. The van der Waals surface area contributed by atoms with E-state index in [0.29, 0.717) is 30.8 Å². The first-order valence-electron chi connectivity index (χ1n) is 11.3. The summed E-state index contributed by atoms with van der Waals surface area (Å²) in [6.45, 7) is 8.37. The Hall–Kier alpha value is -3.35. The van der Waals surface area contributed by atoms with Crippen LogP contribution < -0.4 is 15.4 Å². The topological polar surface area (TPSA) is 93.7 Å². The van der Waals surface area contributed by atoms with Crippen LogP contribution in [0.15, 0.2) is 48.5 Å². The van der Waals surface area contributed by atoms with Gasteiger partial charge in [0.15, 0.2) is 0 Å². The molecule has 2 aromatic rings. The monoisotopic (exact) mass is 454 g/mol. The molecule has 2 rings (SSSR count). The van der Waals surface area contributed by atoms with E-state index in [2.05, 4.69) is 10.6 Å². The maximum atomic E-state index is 12.5. The Kier molecular flexibility index (Phi) is 10.4. The maximum Gasteiger partial charge on any atom is 0.328 e. The van der Waals surface area contributed by atoms with Crippen LogP contribution in [0.25, 0.3) is 0 Å². The van der Waals surface area contributed by atoms with E-state index in [1.54, 1.807) is 24.3 Å². The second kappa shape index (κ2) is 13.3. The second-order valence-electron chi connectivity index (χ2n) is 8.16. The van der Waals surface area contributed by atoms with Gasteiger partial charge in [-0.2, -0.15) is 0 Å². The van der Waals surface area contributed by atoms with Gasteiger partial charge in [0, 0.05) is 12.0 Å². The van der Waals surface area contributed by atoms with Crippen molar-refractivity contribution in [2.45, 2.75) is 46.6 Å². The zero-order chi connectivity index (χ0) is 24.2. The third-order valence-corrected chi connectivity index (χ3v) is 5.06. The fraction of sp³-hybridized carbons (Fsp3) is 0.423. The average Bonchev–Trinajstić information content (AvgIpc) is 2.80. The number of esters is 1. The molecule has 1 unspecified atom stereocenters. The van der Waals surface area contributed by atoms with Crippen molar-refractivity contribution in [1.29, 1.82) is 0 Å². The molecule has 0 radical (unpaired) electrons. The number of amides is 2. The standard InChI is InChI=1S/C26H34N2O5/c1-5-32-22-13-11-21(12-14-22)25(30)28-24(18(2)3)26(31)33-17-16-27-23(29)15-10-20-8-6-19(4)7-9-20/h6-9,11-14,18,24H,5,10,15-17H2,1-4H3,(H,27,29)(H,28,30). The molecule has 0 spiro atoms. The lowest BCUT2D eigenvalue weighted by atomic mass is 10.0. The number of nitrogens with one attached hydrogen (secondary N) is 2. The Balaban J connectivity index is 1.74. The summed E-state index contributed by atoms with van der Waals surface area (Å²) in [6, 6.07) is 14.0. The zero-order valence-corrected chi connectivity index (χ0v) is 19.9. The summed E-state index contributed by atoms with van der Waals surface area (Å²) in [5, 5.41) is 5.49. The first kappa shape index (κ1) is 25.9. The third-order valence-electron chi connectivity index (χ3n) is 5.06. The van der Waals surface area contributed by atoms with Crippen LogP contribution in [0.3, 0.4) is 0 Å². The number of rotatable bonds is 12. The molecular weight excluding hydrogens is 420 g/mol. The minimum absolute atomic E-state index is 0.0389. The molecule has 2 aromatic carbocycles. The Labute approximate surface area is 195 Å². The molecule has 7 nitrogen and oxygen atoms in total. The molecule has 1 atom stereocenters. The summed E-state index contributed by atoms with van der Waals surface area (Å²) in [7, 11) is 0. The third kappa shape index (κ3) is 8.96. The van der Waals surface area contributed by atoms with Crippen molar-refractivity contribution in [1.82, 2.24) is 10.6 Å². The molecule has 33 heavy (non-hydrogen) atoms. The minimum Gasteiger partial charge on any atom is -0.494 e. The molecule has 0 aliphatic rings. The van der Waals surface area contributed by atoms with E-state index in [-0.39, 0.29) is 30.9 Å². The lowest BCUT2D eigenvalue weighted by Gasteiger charge is -2.21. The van der Waals surface area contributed by atoms with E-state index in [1.807, 2.05) is 52.0 Å². The number of carbonyl (C=O) groups excluding carboxylic acids is 3. The van der Waals surface area contributed by atoms with Gasteiger partial charge in [-0.3, -0.25) is 9.59 Å². The van der Waals surface area contributed by atoms with E-state index >= 15 is 0 Å². The van der Waals surface area contributed by atoms with Crippen LogP contribution in [0.4, 0.5) is 0 Å². The fourth-order valence-electron chi connectivity index (χ4n) is 3.12. The molecule has 2 amide bonds. The van der Waals surface area contributed by atoms with Crippen molar-refractivity contribution in [3.8, 4) is 5.75 Å². The van der Waals surface area contributed by atoms with Gasteiger partial charge in [0.2, 0.25) is 5.91 Å². The highest BCUT2D eigenvalue weighted by Crippen LogP contribution is 2.13. The molecule has 2 N–H and O–H groups in total. The second-order valence-corrected chi connectivity index (χ2v) is 8.16. The Morgan fingerprint density at radius 2 is 1.64 bits per heavy atom. The van der Waals surface area contributed by atoms with Crippen molar-refractivity contribution in [3.05, 3.63) is 65.2 Å². The highest BCUT2D eigenvalue weighted by Gasteiger charge is 2.26. The summed E-state index contributed by atoms with van der Waals surface area (Å²) in [5.74, 6) is -0.477. The van der Waals surface area contributed by atoms with Gasteiger partial charge in [0.1, 0.15) is 18.4 Å². The number of aryl methyl sites for hydroxylation is 2. The van der Waals surface area contributed by atoms with Gasteiger partial charge >= 0.3 is 5.97 Å². The molecule has 0 aliphatic carbocycles. The van der Waals surface area contributed by atoms with Crippen LogP contribution in [0, 0.1) is 12.8 Å². The van der Waals surface area contributed by atoms with Crippen LogP contribution in [0.5, 0.6) is 5.75 Å². The first-order chi connectivity index (χ1) is 15.8. The smallest absolute Gasteiger partial charge is 0.328 e. The Bertz CT molecular complexity index is 907. The number of hydrogen-bond donors (Lipinski definition) is 2. The molecular formula is C26H34N2O5. The van der Waals surface area contributed by atoms with Crippen LogP contribution in [-0.2, 0) is 20.7 Å². The number of ether oxygens (including phenoxy) is 2. The van der Waals surface area contributed by atoms with E-state index in [9.17, 15) is 14.4 Å². The number of carbonyl (C=O) groups is 3. The highest BCUT2D eigenvalue weighted by molar-refractivity contribution is 5.96. The molecule has 0 bridgehead atoms. The van der Waals surface area contributed by atoms with Gasteiger partial charge in [0.25, 0.3) is 5.91 Å². The molecule has 0 fully saturated rings. The fourth-order valence-corrected chi connectivity index (χ4v) is 3.12. The normalized spacial score (nSPS) is 11.5. The molecule has 0 heterocycles. The quantitative estimate of drug-likeness (QED) is 0.379. The molecule has 0 aliphatic heterocycles. The predicted octanol–water partition coefficient (Wildman–Crippen LogP) is 3.44. The largest absolute Gasteiger partial charge is 0.494 e. The summed E-state index contributed by atoms with van der Waals surface area (Å²) < 4.78 is 10.7. The van der Waals surface area contributed by atoms with Gasteiger partial charge in [0.05, 0.1) is 13.2 Å². The lowest BCUT2D eigenvalue weighted by molar-refractivity contribution is -0.147. The van der Waals surface area contributed by atoms with Gasteiger partial charge in [-0.1, -0.05) is 43.7 Å². The highest BCUT2D eigenvalue weighted by atomic mass is 16.5. The maximum absolute atomic E-state index is 12.5. The van der Waals surface area contributed by atoms with Crippen molar-refractivity contribution >= 4 is 17.8 Å². The van der Waals surface area contributed by atoms with Crippen molar-refractivity contribution in [2.24, 2.45) is 5.92 Å². The van der Waals surface area contributed by atoms with E-state index in [4.69, 9.17) is 9.47 Å². The zero-order valence-electron chi connectivity index (χ0n) is 19.9. The van der Waals surface area contributed by atoms with E-state index in [1.165, 1.54) is 5.56 Å². The molecule has 0 saturated heterocycles. The SMILES string of the molecule is CCOc1ccc(C(=O)NC(C(=O)OCCNC(=O)CCc2ccc(C)cc2)C(C)C)cc1. The summed E-state index contributed by atoms with van der Waals surface area (Å²) >= 11 is 0. The lowest BCUT2D eigenvalue weighted by Crippen LogP contribution is -2.45. The molecule has 178 valence electrons. The predicted molar refractivity (Wildman–Crippen MR) is 127 cm³/mol. The minimum atomic E-state index is -0.790.